The third-order valence-electron chi connectivity index (χ3n) is 4.62. The minimum atomic E-state index is -0.161. The molecule has 0 radical (unpaired) electrons. The average Bonchev–Trinajstić information content (AvgIpc) is 2.69. The first-order chi connectivity index (χ1) is 12.7. The van der Waals surface area contributed by atoms with Crippen molar-refractivity contribution in [1.82, 2.24) is 19.7 Å². The highest BCUT2D eigenvalue weighted by atomic mass is 16.5. The van der Waals surface area contributed by atoms with E-state index in [0.717, 1.165) is 28.9 Å². The number of allylic oxidation sites excluding steroid dienone is 1. The summed E-state index contributed by atoms with van der Waals surface area (Å²) in [6, 6.07) is 7.75. The Bertz CT molecular complexity index is 1060. The second-order valence-corrected chi connectivity index (χ2v) is 6.19. The zero-order valence-corrected chi connectivity index (χ0v) is 14.6. The molecule has 0 fully saturated rings. The molecule has 1 aromatic carbocycles. The fraction of sp³-hybridized carbons (Fsp3) is 0.200. The van der Waals surface area contributed by atoms with Gasteiger partial charge >= 0.3 is 0 Å². The van der Waals surface area contributed by atoms with Crippen LogP contribution < -0.4 is 10.3 Å². The maximum atomic E-state index is 12.8. The van der Waals surface area contributed by atoms with Gasteiger partial charge in [0.25, 0.3) is 11.5 Å². The summed E-state index contributed by atoms with van der Waals surface area (Å²) >= 11 is 0. The van der Waals surface area contributed by atoms with Crippen molar-refractivity contribution in [1.29, 1.82) is 0 Å². The summed E-state index contributed by atoms with van der Waals surface area (Å²) < 4.78 is 6.61. The van der Waals surface area contributed by atoms with Crippen LogP contribution in [0.2, 0.25) is 0 Å². The van der Waals surface area contributed by atoms with E-state index in [4.69, 9.17) is 4.74 Å². The minimum absolute atomic E-state index is 0.161. The fourth-order valence-electron chi connectivity index (χ4n) is 3.23. The largest absolute Gasteiger partial charge is 0.497 e. The van der Waals surface area contributed by atoms with Crippen molar-refractivity contribution in [3.63, 3.8) is 0 Å². The summed E-state index contributed by atoms with van der Waals surface area (Å²) in [6.07, 6.45) is 8.40. The second kappa shape index (κ2) is 6.55. The molecule has 0 aliphatic heterocycles. The summed E-state index contributed by atoms with van der Waals surface area (Å²) in [4.78, 5) is 21.0. The van der Waals surface area contributed by atoms with Crippen LogP contribution in [0.1, 0.15) is 28.7 Å². The van der Waals surface area contributed by atoms with Gasteiger partial charge in [0.2, 0.25) is 0 Å². The van der Waals surface area contributed by atoms with E-state index >= 15 is 0 Å². The number of fused-ring (bicyclic) bond motifs is 1. The highest BCUT2D eigenvalue weighted by molar-refractivity contribution is 5.85. The van der Waals surface area contributed by atoms with Crippen LogP contribution in [0.5, 0.6) is 5.75 Å². The van der Waals surface area contributed by atoms with E-state index in [2.05, 4.69) is 22.0 Å². The van der Waals surface area contributed by atoms with Gasteiger partial charge in [-0.2, -0.15) is 9.78 Å². The molecule has 0 spiro atoms. The summed E-state index contributed by atoms with van der Waals surface area (Å²) in [5, 5.41) is 4.26. The lowest BCUT2D eigenvalue weighted by atomic mass is 9.88. The lowest BCUT2D eigenvalue weighted by Gasteiger charge is -2.18. The number of aromatic nitrogens is 4. The number of nitrogens with zero attached hydrogens (tertiary/aromatic N) is 4. The maximum Gasteiger partial charge on any atom is 0.278 e. The first-order valence-corrected chi connectivity index (χ1v) is 8.41. The van der Waals surface area contributed by atoms with Crippen molar-refractivity contribution in [3.05, 3.63) is 75.5 Å². The van der Waals surface area contributed by atoms with E-state index < -0.39 is 0 Å². The molecule has 6 heteroatoms. The van der Waals surface area contributed by atoms with Crippen LogP contribution in [0, 0.1) is 6.92 Å². The molecule has 3 aromatic rings. The van der Waals surface area contributed by atoms with Crippen molar-refractivity contribution >= 4 is 11.6 Å². The normalized spacial score (nSPS) is 13.1. The third kappa shape index (κ3) is 2.79. The van der Waals surface area contributed by atoms with Crippen LogP contribution in [-0.4, -0.2) is 26.9 Å². The van der Waals surface area contributed by atoms with Crippen molar-refractivity contribution in [2.45, 2.75) is 19.8 Å². The summed E-state index contributed by atoms with van der Waals surface area (Å²) in [7, 11) is 1.66. The average molecular weight is 346 g/mol. The van der Waals surface area contributed by atoms with E-state index in [0.29, 0.717) is 12.4 Å². The van der Waals surface area contributed by atoms with Gasteiger partial charge in [0, 0.05) is 23.5 Å². The standard InChI is InChI=1S/C20H18N4O2/c1-13-4-6-16(26-2)11-18(13)14-5-7-17-15(10-14)12-23-24(19(17)25)20-21-8-3-9-22-20/h3-4,6,8-12H,5,7H2,1-2H3. The Morgan fingerprint density at radius 1 is 1.15 bits per heavy atom. The van der Waals surface area contributed by atoms with Crippen molar-refractivity contribution < 1.29 is 4.74 Å². The molecule has 0 N–H and O–H groups in total. The molecule has 1 aliphatic carbocycles. The number of aryl methyl sites for hydroxylation is 1. The summed E-state index contributed by atoms with van der Waals surface area (Å²) in [5.74, 6) is 1.12. The number of methoxy groups -OCH3 is 1. The Hall–Kier alpha value is -3.28. The van der Waals surface area contributed by atoms with Gasteiger partial charge in [-0.05, 0) is 60.7 Å². The van der Waals surface area contributed by atoms with E-state index in [-0.39, 0.29) is 5.56 Å². The molecule has 0 bridgehead atoms. The Morgan fingerprint density at radius 3 is 2.73 bits per heavy atom. The lowest BCUT2D eigenvalue weighted by Crippen LogP contribution is -2.28. The van der Waals surface area contributed by atoms with Gasteiger partial charge in [0.1, 0.15) is 5.75 Å². The molecule has 4 rings (SSSR count). The topological polar surface area (TPSA) is 69.9 Å². The minimum Gasteiger partial charge on any atom is -0.497 e. The van der Waals surface area contributed by atoms with Crippen LogP contribution in [-0.2, 0) is 6.42 Å². The van der Waals surface area contributed by atoms with Gasteiger partial charge in [0.15, 0.2) is 0 Å². The summed E-state index contributed by atoms with van der Waals surface area (Å²) in [5.41, 5.74) is 4.95. The Kier molecular flexibility index (Phi) is 4.08. The molecule has 130 valence electrons. The van der Waals surface area contributed by atoms with Gasteiger partial charge in [0.05, 0.1) is 13.3 Å². The van der Waals surface area contributed by atoms with Crippen molar-refractivity contribution in [2.75, 3.05) is 7.11 Å². The highest BCUT2D eigenvalue weighted by Gasteiger charge is 2.19. The molecule has 6 nitrogen and oxygen atoms in total. The molecular weight excluding hydrogens is 328 g/mol. The van der Waals surface area contributed by atoms with Crippen LogP contribution in [0.4, 0.5) is 0 Å². The van der Waals surface area contributed by atoms with Crippen LogP contribution in [0.3, 0.4) is 0 Å². The van der Waals surface area contributed by atoms with E-state index in [1.165, 1.54) is 15.8 Å². The molecule has 0 atom stereocenters. The second-order valence-electron chi connectivity index (χ2n) is 6.19. The number of ether oxygens (including phenoxy) is 1. The van der Waals surface area contributed by atoms with Crippen molar-refractivity contribution in [2.24, 2.45) is 0 Å². The monoisotopic (exact) mass is 346 g/mol. The molecule has 26 heavy (non-hydrogen) atoms. The van der Waals surface area contributed by atoms with Crippen molar-refractivity contribution in [3.8, 4) is 11.7 Å². The molecular formula is C20H18N4O2. The van der Waals surface area contributed by atoms with Gasteiger partial charge < -0.3 is 4.74 Å². The maximum absolute atomic E-state index is 12.8. The molecule has 0 amide bonds. The molecule has 0 unspecified atom stereocenters. The molecule has 2 aromatic heterocycles. The SMILES string of the molecule is COc1ccc(C)c(C2=Cc3cnn(-c4ncccn4)c(=O)c3CC2)c1. The van der Waals surface area contributed by atoms with Gasteiger partial charge in [-0.15, -0.1) is 0 Å². The number of hydrogen-bond acceptors (Lipinski definition) is 5. The first-order valence-electron chi connectivity index (χ1n) is 8.41. The van der Waals surface area contributed by atoms with Crippen LogP contribution in [0.15, 0.2) is 47.7 Å². The predicted octanol–water partition coefficient (Wildman–Crippen LogP) is 2.83. The Morgan fingerprint density at radius 2 is 1.96 bits per heavy atom. The molecule has 0 saturated carbocycles. The quantitative estimate of drug-likeness (QED) is 0.729. The first kappa shape index (κ1) is 16.2. The van der Waals surface area contributed by atoms with Gasteiger partial charge in [-0.25, -0.2) is 9.97 Å². The summed E-state index contributed by atoms with van der Waals surface area (Å²) in [6.45, 7) is 2.08. The Labute approximate surface area is 150 Å². The third-order valence-corrected chi connectivity index (χ3v) is 4.62. The zero-order valence-electron chi connectivity index (χ0n) is 14.6. The number of benzene rings is 1. The molecule has 2 heterocycles. The zero-order chi connectivity index (χ0) is 18.1. The van der Waals surface area contributed by atoms with E-state index in [1.807, 2.05) is 24.3 Å². The lowest BCUT2D eigenvalue weighted by molar-refractivity contribution is 0.414. The highest BCUT2D eigenvalue weighted by Crippen LogP contribution is 2.32. The van der Waals surface area contributed by atoms with Crippen LogP contribution >= 0.6 is 0 Å². The Balaban J connectivity index is 1.79. The fourth-order valence-corrected chi connectivity index (χ4v) is 3.23. The van der Waals surface area contributed by atoms with E-state index in [1.54, 1.807) is 31.8 Å². The predicted molar refractivity (Wildman–Crippen MR) is 99.3 cm³/mol. The van der Waals surface area contributed by atoms with Crippen LogP contribution in [0.25, 0.3) is 17.6 Å². The number of hydrogen-bond donors (Lipinski definition) is 0. The smallest absolute Gasteiger partial charge is 0.278 e. The van der Waals surface area contributed by atoms with Gasteiger partial charge in [-0.1, -0.05) is 6.07 Å². The van der Waals surface area contributed by atoms with E-state index in [9.17, 15) is 4.79 Å². The number of rotatable bonds is 3. The molecule has 1 aliphatic rings. The molecule has 0 saturated heterocycles. The van der Waals surface area contributed by atoms with Gasteiger partial charge in [-0.3, -0.25) is 4.79 Å².